The largest absolute Gasteiger partial charge is 0.514 e. The summed E-state index contributed by atoms with van der Waals surface area (Å²) >= 11 is 7.88. The van der Waals surface area contributed by atoms with E-state index in [1.807, 2.05) is 48.5 Å². The monoisotopic (exact) mass is 1020 g/mol. The summed E-state index contributed by atoms with van der Waals surface area (Å²) in [6.07, 6.45) is 3.77. The lowest BCUT2D eigenvalue weighted by Gasteiger charge is -2.36. The smallest absolute Gasteiger partial charge is 0.430 e. The molecule has 344 valence electrons. The molecule has 2 aliphatic carbocycles. The molecule has 10 rings (SSSR count). The zero-order valence-electron chi connectivity index (χ0n) is 39.0. The topological polar surface area (TPSA) is 86.8 Å². The highest BCUT2D eigenvalue weighted by Crippen LogP contribution is 2.42. The molecule has 67 heavy (non-hydrogen) atoms. The second kappa shape index (κ2) is 18.6. The zero-order chi connectivity index (χ0) is 46.7. The van der Waals surface area contributed by atoms with Gasteiger partial charge in [0, 0.05) is 30.5 Å². The highest BCUT2D eigenvalue weighted by Gasteiger charge is 2.35. The number of hydrogen-bond acceptors (Lipinski definition) is 6. The van der Waals surface area contributed by atoms with E-state index in [-0.39, 0.29) is 35.5 Å². The van der Waals surface area contributed by atoms with Gasteiger partial charge in [-0.3, -0.25) is 0 Å². The lowest BCUT2D eigenvalue weighted by atomic mass is 9.75. The van der Waals surface area contributed by atoms with Crippen LogP contribution in [0.1, 0.15) is 80.1 Å². The Balaban J connectivity index is 1.25. The van der Waals surface area contributed by atoms with Gasteiger partial charge in [0.1, 0.15) is 23.7 Å². The number of halogens is 2. The van der Waals surface area contributed by atoms with Crippen LogP contribution in [0.5, 0.6) is 11.5 Å². The maximum atomic E-state index is 14.2. The molecule has 8 bridgehead atoms. The SMILES string of the molecule is CC1CCC(C(C)C)C(OC(=O)Oc2ccc3cc2c2cc(ccc2OC(=O)OC2CC(C)CCC2C(C)C)c2ccccc2c2cc(Br)c4[nH]c5c(Br)cc(cc5c4c2)c2ccccc32)C1. The molecule has 2 fully saturated rings. The number of nitrogens with one attached hydrogen (secondary N) is 1. The molecule has 0 spiro atoms. The number of H-pyrrole nitrogens is 1. The van der Waals surface area contributed by atoms with E-state index in [0.29, 0.717) is 34.4 Å². The molecule has 6 atom stereocenters. The van der Waals surface area contributed by atoms with Crippen LogP contribution in [0.25, 0.3) is 75.7 Å². The van der Waals surface area contributed by atoms with Crippen molar-refractivity contribution in [2.75, 3.05) is 0 Å². The van der Waals surface area contributed by atoms with Gasteiger partial charge in [0.2, 0.25) is 0 Å². The Labute approximate surface area is 408 Å². The van der Waals surface area contributed by atoms with Gasteiger partial charge in [-0.25, -0.2) is 9.59 Å². The van der Waals surface area contributed by atoms with Gasteiger partial charge in [-0.15, -0.1) is 0 Å². The molecule has 1 N–H and O–H groups in total. The molecule has 2 aliphatic rings. The van der Waals surface area contributed by atoms with Gasteiger partial charge in [0.15, 0.2) is 0 Å². The van der Waals surface area contributed by atoms with Gasteiger partial charge in [-0.1, -0.05) is 115 Å². The molecule has 0 radical (unpaired) electrons. The summed E-state index contributed by atoms with van der Waals surface area (Å²) < 4.78 is 27.1. The van der Waals surface area contributed by atoms with Crippen molar-refractivity contribution in [1.29, 1.82) is 0 Å². The van der Waals surface area contributed by atoms with Crippen molar-refractivity contribution in [3.63, 3.8) is 0 Å². The van der Waals surface area contributed by atoms with E-state index in [9.17, 15) is 9.59 Å². The second-order valence-electron chi connectivity index (χ2n) is 20.1. The minimum absolute atomic E-state index is 0.238. The molecule has 7 nitrogen and oxygen atoms in total. The van der Waals surface area contributed by atoms with Crippen LogP contribution in [-0.4, -0.2) is 29.5 Å². The Morgan fingerprint density at radius 2 is 0.866 bits per heavy atom. The second-order valence-corrected chi connectivity index (χ2v) is 21.8. The summed E-state index contributed by atoms with van der Waals surface area (Å²) in [5.74, 6) is 2.64. The van der Waals surface area contributed by atoms with Crippen LogP contribution in [0, 0.1) is 35.5 Å². The van der Waals surface area contributed by atoms with E-state index in [0.717, 1.165) is 112 Å². The Morgan fingerprint density at radius 3 is 1.25 bits per heavy atom. The number of aromatic nitrogens is 1. The van der Waals surface area contributed by atoms with Crippen LogP contribution >= 0.6 is 31.9 Å². The molecule has 0 amide bonds. The third kappa shape index (κ3) is 8.94. The van der Waals surface area contributed by atoms with Crippen LogP contribution in [0.3, 0.4) is 0 Å². The molecule has 0 saturated heterocycles. The minimum Gasteiger partial charge on any atom is -0.430 e. The number of hydrogen-bond donors (Lipinski definition) is 1. The minimum atomic E-state index is -0.753. The summed E-state index contributed by atoms with van der Waals surface area (Å²) in [5, 5.41) is 11.1. The number of benzene rings is 6. The van der Waals surface area contributed by atoms with Crippen molar-refractivity contribution in [1.82, 2.24) is 4.98 Å². The van der Waals surface area contributed by atoms with Crippen molar-refractivity contribution in [2.45, 2.75) is 92.3 Å². The van der Waals surface area contributed by atoms with Crippen LogP contribution in [0.4, 0.5) is 9.59 Å². The first-order chi connectivity index (χ1) is 32.3. The number of aromatic amines is 1. The predicted molar refractivity (Wildman–Crippen MR) is 281 cm³/mol. The van der Waals surface area contributed by atoms with Gasteiger partial charge in [0.05, 0.1) is 11.0 Å². The average Bonchev–Trinajstić information content (AvgIpc) is 3.68. The molecule has 1 heterocycles. The van der Waals surface area contributed by atoms with E-state index in [1.54, 1.807) is 0 Å². The summed E-state index contributed by atoms with van der Waals surface area (Å²) in [6.45, 7) is 13.2. The lowest BCUT2D eigenvalue weighted by Crippen LogP contribution is -2.36. The van der Waals surface area contributed by atoms with E-state index in [4.69, 9.17) is 18.9 Å². The molecular formula is C58H57Br2NO6. The predicted octanol–water partition coefficient (Wildman–Crippen LogP) is 17.7. The number of ether oxygens (including phenoxy) is 4. The Bertz CT molecular complexity index is 3100. The fourth-order valence-corrected chi connectivity index (χ4v) is 12.4. The standard InChI is InChI=1S/C58H57Br2NO6/c1-31(2)39-19-15-33(5)23-53(39)66-57(62)64-51-21-17-35-25-45(51)46-26-36(18-22-52(46)65-58(63)67-54-24-34(6)16-20-40(54)32(3)4)42-12-8-10-14-44(42)38-28-48-47-27-37(43-13-9-7-11-41(35)43)29-49(59)55(47)61-56(48)50(60)30-38/h7-14,17-18,21-22,25-34,39-40,53-54,61H,15-16,19-20,23-24H2,1-6H3. The molecule has 0 aliphatic heterocycles. The van der Waals surface area contributed by atoms with E-state index in [2.05, 4.69) is 139 Å². The molecular weight excluding hydrogens is 966 g/mol. The number of carbonyl (C=O) groups excluding carboxylic acids is 2. The van der Waals surface area contributed by atoms with Crippen molar-refractivity contribution in [3.05, 3.63) is 118 Å². The lowest BCUT2D eigenvalue weighted by molar-refractivity contribution is -0.0143. The highest BCUT2D eigenvalue weighted by molar-refractivity contribution is 9.11. The van der Waals surface area contributed by atoms with Crippen LogP contribution in [0.2, 0.25) is 0 Å². The summed E-state index contributed by atoms with van der Waals surface area (Å²) in [5.41, 5.74) is 2.02. The number of fused-ring (bicyclic) bond motifs is 13. The molecule has 9 heteroatoms. The Kier molecular flexibility index (Phi) is 12.6. The maximum absolute atomic E-state index is 14.2. The zero-order valence-corrected chi connectivity index (χ0v) is 42.1. The summed E-state index contributed by atoms with van der Waals surface area (Å²) in [4.78, 5) is 32.0. The van der Waals surface area contributed by atoms with Crippen LogP contribution in [-0.2, 0) is 9.47 Å². The first-order valence-corrected chi connectivity index (χ1v) is 25.6. The first-order valence-electron chi connectivity index (χ1n) is 24.0. The fraction of sp³-hybridized carbons (Fsp3) is 0.345. The number of rotatable bonds is 6. The molecule has 2 saturated carbocycles. The van der Waals surface area contributed by atoms with E-state index >= 15 is 0 Å². The summed E-state index contributed by atoms with van der Waals surface area (Å²) in [7, 11) is 0. The van der Waals surface area contributed by atoms with E-state index in [1.165, 1.54) is 0 Å². The Morgan fingerprint density at radius 1 is 0.493 bits per heavy atom. The third-order valence-corrected chi connectivity index (χ3v) is 16.1. The van der Waals surface area contributed by atoms with Crippen molar-refractivity contribution in [3.8, 4) is 11.5 Å². The molecule has 6 unspecified atom stereocenters. The van der Waals surface area contributed by atoms with Gasteiger partial charge in [-0.2, -0.15) is 0 Å². The third-order valence-electron chi connectivity index (χ3n) is 14.9. The molecule has 7 aromatic carbocycles. The average molecular weight is 1020 g/mol. The van der Waals surface area contributed by atoms with Crippen LogP contribution in [0.15, 0.2) is 118 Å². The van der Waals surface area contributed by atoms with Gasteiger partial charge in [-0.05, 0) is 185 Å². The highest BCUT2D eigenvalue weighted by atomic mass is 79.9. The first kappa shape index (κ1) is 45.4. The molecule has 1 aromatic heterocycles. The van der Waals surface area contributed by atoms with Gasteiger partial charge >= 0.3 is 12.3 Å². The van der Waals surface area contributed by atoms with Crippen molar-refractivity contribution < 1.29 is 28.5 Å². The number of carbonyl (C=O) groups is 2. The van der Waals surface area contributed by atoms with Crippen molar-refractivity contribution >= 4 is 120 Å². The quantitative estimate of drug-likeness (QED) is 0.132. The molecule has 8 aromatic rings. The Hall–Kier alpha value is -5.38. The van der Waals surface area contributed by atoms with Crippen molar-refractivity contribution in [2.24, 2.45) is 35.5 Å². The van der Waals surface area contributed by atoms with Gasteiger partial charge in [0.25, 0.3) is 0 Å². The van der Waals surface area contributed by atoms with Gasteiger partial charge < -0.3 is 23.9 Å². The van der Waals surface area contributed by atoms with E-state index < -0.39 is 12.3 Å². The normalized spacial score (nSPS) is 21.2. The maximum Gasteiger partial charge on any atom is 0.514 e. The summed E-state index contributed by atoms with van der Waals surface area (Å²) in [6, 6.07) is 37.2. The fourth-order valence-electron chi connectivity index (χ4n) is 11.3. The van der Waals surface area contributed by atoms with Crippen LogP contribution < -0.4 is 9.47 Å².